The molecule has 5 nitrogen and oxygen atoms in total. The predicted octanol–water partition coefficient (Wildman–Crippen LogP) is 1.14. The number of anilines is 1. The highest BCUT2D eigenvalue weighted by molar-refractivity contribution is 5.99. The molecule has 5 heteroatoms. The zero-order chi connectivity index (χ0) is 12.5. The first-order valence-corrected chi connectivity index (χ1v) is 5.92. The van der Waals surface area contributed by atoms with Gasteiger partial charge in [-0.1, -0.05) is 12.1 Å². The lowest BCUT2D eigenvalue weighted by Gasteiger charge is -2.16. The van der Waals surface area contributed by atoms with Gasteiger partial charge in [-0.05, 0) is 24.1 Å². The Morgan fingerprint density at radius 2 is 2.06 bits per heavy atom. The summed E-state index contributed by atoms with van der Waals surface area (Å²) in [5, 5.41) is 6.69. The summed E-state index contributed by atoms with van der Waals surface area (Å²) >= 11 is 0. The molecule has 1 aromatic heterocycles. The molecule has 0 saturated carbocycles. The molecule has 2 heterocycles. The Hall–Kier alpha value is -2.14. The SMILES string of the molecule is NC1CCN(c2ccc(-c3cn[nH]c3)cc2)C1=O. The van der Waals surface area contributed by atoms with E-state index in [0.717, 1.165) is 23.2 Å². The second-order valence-electron chi connectivity index (χ2n) is 4.42. The summed E-state index contributed by atoms with van der Waals surface area (Å²) < 4.78 is 0. The summed E-state index contributed by atoms with van der Waals surface area (Å²) in [4.78, 5) is 13.5. The van der Waals surface area contributed by atoms with Crippen molar-refractivity contribution in [1.82, 2.24) is 10.2 Å². The van der Waals surface area contributed by atoms with Gasteiger partial charge in [0, 0.05) is 24.0 Å². The van der Waals surface area contributed by atoms with Crippen LogP contribution in [0.5, 0.6) is 0 Å². The molecular weight excluding hydrogens is 228 g/mol. The number of nitrogens with two attached hydrogens (primary N) is 1. The van der Waals surface area contributed by atoms with Crippen LogP contribution in [0.4, 0.5) is 5.69 Å². The zero-order valence-corrected chi connectivity index (χ0v) is 9.84. The Morgan fingerprint density at radius 3 is 2.61 bits per heavy atom. The van der Waals surface area contributed by atoms with Gasteiger partial charge in [-0.3, -0.25) is 9.89 Å². The van der Waals surface area contributed by atoms with E-state index in [4.69, 9.17) is 5.73 Å². The Kier molecular flexibility index (Phi) is 2.60. The maximum absolute atomic E-state index is 11.8. The number of nitrogens with zero attached hydrogens (tertiary/aromatic N) is 2. The molecule has 92 valence electrons. The minimum absolute atomic E-state index is 0.00561. The normalized spacial score (nSPS) is 19.5. The van der Waals surface area contributed by atoms with Crippen LogP contribution in [0.2, 0.25) is 0 Å². The summed E-state index contributed by atoms with van der Waals surface area (Å²) in [6.07, 6.45) is 4.33. The van der Waals surface area contributed by atoms with E-state index in [1.165, 1.54) is 0 Å². The van der Waals surface area contributed by atoms with Gasteiger partial charge in [0.1, 0.15) is 0 Å². The average Bonchev–Trinajstić information content (AvgIpc) is 3.02. The van der Waals surface area contributed by atoms with Crippen molar-refractivity contribution in [3.63, 3.8) is 0 Å². The number of benzene rings is 1. The van der Waals surface area contributed by atoms with Crippen LogP contribution in [-0.4, -0.2) is 28.7 Å². The summed E-state index contributed by atoms with van der Waals surface area (Å²) in [7, 11) is 0. The third-order valence-electron chi connectivity index (χ3n) is 3.26. The number of rotatable bonds is 2. The highest BCUT2D eigenvalue weighted by atomic mass is 16.2. The fourth-order valence-electron chi connectivity index (χ4n) is 2.20. The Morgan fingerprint density at radius 1 is 1.28 bits per heavy atom. The molecule has 0 spiro atoms. The lowest BCUT2D eigenvalue weighted by Crippen LogP contribution is -2.33. The van der Waals surface area contributed by atoms with Gasteiger partial charge in [-0.2, -0.15) is 5.10 Å². The highest BCUT2D eigenvalue weighted by Gasteiger charge is 2.29. The molecule has 1 aromatic carbocycles. The Labute approximate surface area is 105 Å². The molecular formula is C13H14N4O. The van der Waals surface area contributed by atoms with E-state index in [-0.39, 0.29) is 11.9 Å². The quantitative estimate of drug-likeness (QED) is 0.829. The molecule has 1 aliphatic heterocycles. The van der Waals surface area contributed by atoms with Crippen molar-refractivity contribution < 1.29 is 4.79 Å². The van der Waals surface area contributed by atoms with Gasteiger partial charge in [0.2, 0.25) is 5.91 Å². The van der Waals surface area contributed by atoms with Crippen LogP contribution in [0.15, 0.2) is 36.7 Å². The number of aromatic amines is 1. The maximum atomic E-state index is 11.8. The third kappa shape index (κ3) is 1.78. The molecule has 3 rings (SSSR count). The molecule has 1 fully saturated rings. The van der Waals surface area contributed by atoms with E-state index in [2.05, 4.69) is 10.2 Å². The first-order chi connectivity index (χ1) is 8.75. The van der Waals surface area contributed by atoms with Crippen LogP contribution in [-0.2, 0) is 4.79 Å². The largest absolute Gasteiger partial charge is 0.320 e. The Bertz CT molecular complexity index is 547. The molecule has 0 aliphatic carbocycles. The minimum Gasteiger partial charge on any atom is -0.320 e. The fraction of sp³-hybridized carbons (Fsp3) is 0.231. The molecule has 1 saturated heterocycles. The molecule has 3 N–H and O–H groups in total. The predicted molar refractivity (Wildman–Crippen MR) is 69.0 cm³/mol. The zero-order valence-electron chi connectivity index (χ0n) is 9.84. The van der Waals surface area contributed by atoms with Gasteiger partial charge < -0.3 is 10.6 Å². The van der Waals surface area contributed by atoms with Crippen molar-refractivity contribution in [1.29, 1.82) is 0 Å². The number of carbonyl (C=O) groups excluding carboxylic acids is 1. The van der Waals surface area contributed by atoms with Gasteiger partial charge in [-0.25, -0.2) is 0 Å². The number of hydrogen-bond acceptors (Lipinski definition) is 3. The first kappa shape index (κ1) is 11.0. The van der Waals surface area contributed by atoms with Crippen LogP contribution in [0.25, 0.3) is 11.1 Å². The van der Waals surface area contributed by atoms with Gasteiger partial charge in [0.05, 0.1) is 12.2 Å². The van der Waals surface area contributed by atoms with Crippen molar-refractivity contribution >= 4 is 11.6 Å². The summed E-state index contributed by atoms with van der Waals surface area (Å²) in [6.45, 7) is 0.699. The van der Waals surface area contributed by atoms with E-state index in [1.54, 1.807) is 11.1 Å². The highest BCUT2D eigenvalue weighted by Crippen LogP contribution is 2.25. The van der Waals surface area contributed by atoms with Crippen molar-refractivity contribution in [2.24, 2.45) is 5.73 Å². The van der Waals surface area contributed by atoms with Crippen LogP contribution in [0.1, 0.15) is 6.42 Å². The lowest BCUT2D eigenvalue weighted by molar-refractivity contribution is -0.118. The number of aromatic nitrogens is 2. The second kappa shape index (κ2) is 4.27. The van der Waals surface area contributed by atoms with Gasteiger partial charge in [0.15, 0.2) is 0 Å². The number of amides is 1. The fourth-order valence-corrected chi connectivity index (χ4v) is 2.20. The van der Waals surface area contributed by atoms with Gasteiger partial charge in [-0.15, -0.1) is 0 Å². The van der Waals surface area contributed by atoms with Crippen molar-refractivity contribution in [3.05, 3.63) is 36.7 Å². The standard InChI is InChI=1S/C13H14N4O/c14-12-5-6-17(13(12)18)11-3-1-9(2-4-11)10-7-15-16-8-10/h1-4,7-8,12H,5-6,14H2,(H,15,16). The monoisotopic (exact) mass is 242 g/mol. The van der Waals surface area contributed by atoms with Gasteiger partial charge >= 0.3 is 0 Å². The van der Waals surface area contributed by atoms with Crippen molar-refractivity contribution in [2.45, 2.75) is 12.5 Å². The van der Waals surface area contributed by atoms with Crippen LogP contribution in [0, 0.1) is 0 Å². The first-order valence-electron chi connectivity index (χ1n) is 5.92. The third-order valence-corrected chi connectivity index (χ3v) is 3.26. The Balaban J connectivity index is 1.86. The molecule has 1 aliphatic rings. The molecule has 1 amide bonds. The smallest absolute Gasteiger partial charge is 0.243 e. The molecule has 1 atom stereocenters. The molecule has 0 bridgehead atoms. The van der Waals surface area contributed by atoms with Crippen molar-refractivity contribution in [3.8, 4) is 11.1 Å². The van der Waals surface area contributed by atoms with E-state index < -0.39 is 0 Å². The summed E-state index contributed by atoms with van der Waals surface area (Å²) in [5.41, 5.74) is 8.72. The summed E-state index contributed by atoms with van der Waals surface area (Å²) in [6, 6.07) is 7.50. The lowest BCUT2D eigenvalue weighted by atomic mass is 10.1. The van der Waals surface area contributed by atoms with E-state index in [1.807, 2.05) is 30.5 Å². The van der Waals surface area contributed by atoms with Crippen LogP contribution in [0.3, 0.4) is 0 Å². The van der Waals surface area contributed by atoms with Gasteiger partial charge in [0.25, 0.3) is 0 Å². The topological polar surface area (TPSA) is 75.0 Å². The number of nitrogens with one attached hydrogen (secondary N) is 1. The number of carbonyl (C=O) groups is 1. The van der Waals surface area contributed by atoms with E-state index in [0.29, 0.717) is 6.54 Å². The average molecular weight is 242 g/mol. The minimum atomic E-state index is -0.349. The molecule has 18 heavy (non-hydrogen) atoms. The molecule has 1 unspecified atom stereocenters. The number of H-pyrrole nitrogens is 1. The van der Waals surface area contributed by atoms with E-state index in [9.17, 15) is 4.79 Å². The van der Waals surface area contributed by atoms with E-state index >= 15 is 0 Å². The van der Waals surface area contributed by atoms with Crippen LogP contribution >= 0.6 is 0 Å². The molecule has 0 radical (unpaired) electrons. The molecule has 2 aromatic rings. The maximum Gasteiger partial charge on any atom is 0.243 e. The second-order valence-corrected chi connectivity index (χ2v) is 4.42. The van der Waals surface area contributed by atoms with Crippen LogP contribution < -0.4 is 10.6 Å². The summed E-state index contributed by atoms with van der Waals surface area (Å²) in [5.74, 6) is 0.00561. The number of hydrogen-bond donors (Lipinski definition) is 2. The van der Waals surface area contributed by atoms with Crippen molar-refractivity contribution in [2.75, 3.05) is 11.4 Å².